The van der Waals surface area contributed by atoms with Gasteiger partial charge < -0.3 is 10.5 Å². The first-order valence-electron chi connectivity index (χ1n) is 5.28. The molecule has 13 heavy (non-hydrogen) atoms. The van der Waals surface area contributed by atoms with Crippen LogP contribution in [-0.4, -0.2) is 43.8 Å². The van der Waals surface area contributed by atoms with Crippen molar-refractivity contribution >= 4 is 0 Å². The molecule has 1 saturated heterocycles. The van der Waals surface area contributed by atoms with E-state index >= 15 is 0 Å². The van der Waals surface area contributed by atoms with Gasteiger partial charge in [-0.3, -0.25) is 4.90 Å². The number of nitrogens with two attached hydrogens (primary N) is 1. The summed E-state index contributed by atoms with van der Waals surface area (Å²) in [5, 5.41) is 0. The van der Waals surface area contributed by atoms with Crippen LogP contribution < -0.4 is 5.73 Å². The molecule has 1 rings (SSSR count). The minimum atomic E-state index is 0.436. The molecule has 0 aromatic heterocycles. The highest BCUT2D eigenvalue weighted by molar-refractivity contribution is 4.82. The standard InChI is InChI=1S/C10H22N2O/c1-3-4-9(7-11)12-6-5-10(8-12)13-2/h9-10H,3-8,11H2,1-2H3. The van der Waals surface area contributed by atoms with Crippen molar-refractivity contribution in [3.63, 3.8) is 0 Å². The summed E-state index contributed by atoms with van der Waals surface area (Å²) in [5.74, 6) is 0. The normalized spacial score (nSPS) is 26.5. The van der Waals surface area contributed by atoms with Crippen LogP contribution in [0.1, 0.15) is 26.2 Å². The molecule has 1 heterocycles. The molecular formula is C10H22N2O. The molecule has 0 aliphatic carbocycles. The van der Waals surface area contributed by atoms with Gasteiger partial charge in [-0.1, -0.05) is 13.3 Å². The van der Waals surface area contributed by atoms with Gasteiger partial charge >= 0.3 is 0 Å². The topological polar surface area (TPSA) is 38.5 Å². The van der Waals surface area contributed by atoms with E-state index in [0.717, 1.165) is 26.1 Å². The van der Waals surface area contributed by atoms with E-state index in [1.54, 1.807) is 7.11 Å². The van der Waals surface area contributed by atoms with Gasteiger partial charge in [0.1, 0.15) is 0 Å². The Balaban J connectivity index is 2.33. The van der Waals surface area contributed by atoms with E-state index in [-0.39, 0.29) is 0 Å². The molecule has 3 nitrogen and oxygen atoms in total. The number of ether oxygens (including phenoxy) is 1. The molecule has 0 bridgehead atoms. The quantitative estimate of drug-likeness (QED) is 0.691. The predicted molar refractivity (Wildman–Crippen MR) is 54.7 cm³/mol. The molecule has 0 aromatic carbocycles. The number of rotatable bonds is 5. The summed E-state index contributed by atoms with van der Waals surface area (Å²) in [6.07, 6.45) is 4.03. The van der Waals surface area contributed by atoms with Gasteiger partial charge in [-0.15, -0.1) is 0 Å². The SMILES string of the molecule is CCCC(CN)N1CCC(OC)C1. The fourth-order valence-corrected chi connectivity index (χ4v) is 2.06. The van der Waals surface area contributed by atoms with Crippen molar-refractivity contribution in [2.75, 3.05) is 26.7 Å². The summed E-state index contributed by atoms with van der Waals surface area (Å²) in [7, 11) is 1.80. The van der Waals surface area contributed by atoms with E-state index < -0.39 is 0 Å². The Morgan fingerprint density at radius 2 is 2.38 bits per heavy atom. The van der Waals surface area contributed by atoms with E-state index in [9.17, 15) is 0 Å². The van der Waals surface area contributed by atoms with E-state index in [1.165, 1.54) is 12.8 Å². The third-order valence-electron chi connectivity index (χ3n) is 2.92. The van der Waals surface area contributed by atoms with Gasteiger partial charge in [-0.25, -0.2) is 0 Å². The van der Waals surface area contributed by atoms with Gasteiger partial charge in [-0.05, 0) is 12.8 Å². The molecule has 1 fully saturated rings. The molecule has 2 N–H and O–H groups in total. The van der Waals surface area contributed by atoms with Gasteiger partial charge in [0.05, 0.1) is 6.10 Å². The molecule has 0 spiro atoms. The molecule has 2 atom stereocenters. The average molecular weight is 186 g/mol. The minimum Gasteiger partial charge on any atom is -0.380 e. The smallest absolute Gasteiger partial charge is 0.0710 e. The minimum absolute atomic E-state index is 0.436. The number of hydrogen-bond acceptors (Lipinski definition) is 3. The fourth-order valence-electron chi connectivity index (χ4n) is 2.06. The lowest BCUT2D eigenvalue weighted by Gasteiger charge is -2.25. The van der Waals surface area contributed by atoms with Crippen LogP contribution in [0.15, 0.2) is 0 Å². The molecule has 3 heteroatoms. The number of nitrogens with zero attached hydrogens (tertiary/aromatic N) is 1. The summed E-state index contributed by atoms with van der Waals surface area (Å²) in [6, 6.07) is 0.574. The Morgan fingerprint density at radius 1 is 1.62 bits per heavy atom. The first-order chi connectivity index (χ1) is 6.31. The molecule has 1 aliphatic heterocycles. The highest BCUT2D eigenvalue weighted by Crippen LogP contribution is 2.16. The Bertz CT molecular complexity index is 141. The zero-order valence-corrected chi connectivity index (χ0v) is 8.83. The lowest BCUT2D eigenvalue weighted by atomic mass is 10.1. The molecular weight excluding hydrogens is 164 g/mol. The molecule has 0 saturated carbocycles. The Hall–Kier alpha value is -0.120. The van der Waals surface area contributed by atoms with Crippen LogP contribution in [0, 0.1) is 0 Å². The van der Waals surface area contributed by atoms with Crippen molar-refractivity contribution in [2.24, 2.45) is 5.73 Å². The summed E-state index contributed by atoms with van der Waals surface area (Å²) >= 11 is 0. The molecule has 0 radical (unpaired) electrons. The van der Waals surface area contributed by atoms with Crippen LogP contribution in [-0.2, 0) is 4.74 Å². The van der Waals surface area contributed by atoms with Crippen molar-refractivity contribution in [1.82, 2.24) is 4.90 Å². The van der Waals surface area contributed by atoms with E-state index in [2.05, 4.69) is 11.8 Å². The van der Waals surface area contributed by atoms with Crippen LogP contribution in [0.3, 0.4) is 0 Å². The summed E-state index contributed by atoms with van der Waals surface area (Å²) in [5.41, 5.74) is 5.74. The van der Waals surface area contributed by atoms with Crippen molar-refractivity contribution < 1.29 is 4.74 Å². The first-order valence-corrected chi connectivity index (χ1v) is 5.28. The third kappa shape index (κ3) is 2.93. The van der Waals surface area contributed by atoms with E-state index in [0.29, 0.717) is 12.1 Å². The summed E-state index contributed by atoms with van der Waals surface area (Å²) in [6.45, 7) is 5.22. The largest absolute Gasteiger partial charge is 0.380 e. The second-order valence-corrected chi connectivity index (χ2v) is 3.82. The summed E-state index contributed by atoms with van der Waals surface area (Å²) in [4.78, 5) is 2.47. The molecule has 1 aliphatic rings. The third-order valence-corrected chi connectivity index (χ3v) is 2.92. The van der Waals surface area contributed by atoms with Crippen LogP contribution in [0.25, 0.3) is 0 Å². The highest BCUT2D eigenvalue weighted by atomic mass is 16.5. The predicted octanol–water partition coefficient (Wildman–Crippen LogP) is 0.835. The number of hydrogen-bond donors (Lipinski definition) is 1. The monoisotopic (exact) mass is 186 g/mol. The number of likely N-dealkylation sites (tertiary alicyclic amines) is 1. The average Bonchev–Trinajstić information content (AvgIpc) is 2.62. The molecule has 0 aromatic rings. The van der Waals surface area contributed by atoms with Crippen LogP contribution in [0.2, 0.25) is 0 Å². The van der Waals surface area contributed by atoms with Crippen LogP contribution in [0.4, 0.5) is 0 Å². The number of methoxy groups -OCH3 is 1. The highest BCUT2D eigenvalue weighted by Gasteiger charge is 2.26. The summed E-state index contributed by atoms with van der Waals surface area (Å²) < 4.78 is 5.33. The van der Waals surface area contributed by atoms with Gasteiger partial charge in [0.15, 0.2) is 0 Å². The van der Waals surface area contributed by atoms with Crippen LogP contribution in [0.5, 0.6) is 0 Å². The van der Waals surface area contributed by atoms with Crippen molar-refractivity contribution in [3.8, 4) is 0 Å². The second-order valence-electron chi connectivity index (χ2n) is 3.82. The zero-order chi connectivity index (χ0) is 9.68. The first kappa shape index (κ1) is 11.0. The van der Waals surface area contributed by atoms with Gasteiger partial charge in [0, 0.05) is 32.8 Å². The van der Waals surface area contributed by atoms with Crippen molar-refractivity contribution in [2.45, 2.75) is 38.3 Å². The van der Waals surface area contributed by atoms with Crippen molar-refractivity contribution in [1.29, 1.82) is 0 Å². The van der Waals surface area contributed by atoms with Crippen molar-refractivity contribution in [3.05, 3.63) is 0 Å². The molecule has 2 unspecified atom stereocenters. The molecule has 78 valence electrons. The maximum atomic E-state index is 5.74. The maximum absolute atomic E-state index is 5.74. The van der Waals surface area contributed by atoms with Gasteiger partial charge in [0.2, 0.25) is 0 Å². The van der Waals surface area contributed by atoms with Gasteiger partial charge in [-0.2, -0.15) is 0 Å². The lowest BCUT2D eigenvalue weighted by Crippen LogP contribution is -2.39. The zero-order valence-electron chi connectivity index (χ0n) is 8.83. The lowest BCUT2D eigenvalue weighted by molar-refractivity contribution is 0.100. The Kier molecular flexibility index (Phi) is 4.70. The second kappa shape index (κ2) is 5.58. The van der Waals surface area contributed by atoms with E-state index in [1.807, 2.05) is 0 Å². The van der Waals surface area contributed by atoms with Crippen LogP contribution >= 0.6 is 0 Å². The van der Waals surface area contributed by atoms with Gasteiger partial charge in [0.25, 0.3) is 0 Å². The van der Waals surface area contributed by atoms with E-state index in [4.69, 9.17) is 10.5 Å². The molecule has 0 amide bonds. The Morgan fingerprint density at radius 3 is 2.85 bits per heavy atom. The maximum Gasteiger partial charge on any atom is 0.0710 e. The fraction of sp³-hybridized carbons (Fsp3) is 1.00. The Labute approximate surface area is 81.2 Å².